The highest BCUT2D eigenvalue weighted by Gasteiger charge is 2.23. The molecule has 2 N–H and O–H groups in total. The van der Waals surface area contributed by atoms with Gasteiger partial charge in [0.2, 0.25) is 0 Å². The third kappa shape index (κ3) is 4.66. The van der Waals surface area contributed by atoms with Gasteiger partial charge in [-0.1, -0.05) is 62.7 Å². The van der Waals surface area contributed by atoms with Crippen LogP contribution < -0.4 is 9.64 Å². The molecule has 1 unspecified atom stereocenters. The van der Waals surface area contributed by atoms with Crippen LogP contribution in [0.15, 0.2) is 42.5 Å². The number of fused-ring (bicyclic) bond motifs is 1. The van der Waals surface area contributed by atoms with E-state index >= 15 is 0 Å². The van der Waals surface area contributed by atoms with Gasteiger partial charge in [0, 0.05) is 12.0 Å². The number of aliphatic hydroxyl groups excluding tert-OH is 1. The molecular formula is C23H32NO2+. The van der Waals surface area contributed by atoms with E-state index in [2.05, 4.69) is 64.1 Å². The molecule has 2 atom stereocenters. The lowest BCUT2D eigenvalue weighted by Gasteiger charge is -2.28. The Bertz CT molecular complexity index is 748. The number of quaternary nitrogens is 1. The molecule has 0 fully saturated rings. The molecule has 3 nitrogen and oxygen atoms in total. The van der Waals surface area contributed by atoms with Gasteiger partial charge in [-0.15, -0.1) is 0 Å². The maximum atomic E-state index is 10.5. The van der Waals surface area contributed by atoms with Crippen molar-refractivity contribution in [3.05, 3.63) is 64.7 Å². The minimum absolute atomic E-state index is 0.0220. The molecule has 26 heavy (non-hydrogen) atoms. The van der Waals surface area contributed by atoms with E-state index in [1.54, 1.807) is 0 Å². The van der Waals surface area contributed by atoms with Crippen molar-refractivity contribution < 1.29 is 14.7 Å². The minimum atomic E-state index is -0.454. The Hall–Kier alpha value is -1.84. The summed E-state index contributed by atoms with van der Waals surface area (Å²) in [5, 5.41) is 10.5. The first-order valence-electron chi connectivity index (χ1n) is 9.65. The molecule has 2 aromatic carbocycles. The Labute approximate surface area is 157 Å². The van der Waals surface area contributed by atoms with Crippen molar-refractivity contribution in [2.45, 2.75) is 52.2 Å². The van der Waals surface area contributed by atoms with Gasteiger partial charge in [-0.25, -0.2) is 0 Å². The maximum absolute atomic E-state index is 10.5. The van der Waals surface area contributed by atoms with Crippen LogP contribution in [0.1, 0.15) is 43.0 Å². The van der Waals surface area contributed by atoms with Gasteiger partial charge in [0.25, 0.3) is 0 Å². The van der Waals surface area contributed by atoms with E-state index in [4.69, 9.17) is 4.74 Å². The van der Waals surface area contributed by atoms with Gasteiger partial charge in [0.05, 0.1) is 6.54 Å². The van der Waals surface area contributed by atoms with Crippen molar-refractivity contribution in [3.8, 4) is 5.75 Å². The first kappa shape index (κ1) is 18.9. The van der Waals surface area contributed by atoms with Gasteiger partial charge in [-0.3, -0.25) is 0 Å². The molecule has 1 aliphatic rings. The Morgan fingerprint density at radius 3 is 2.58 bits per heavy atom. The third-order valence-electron chi connectivity index (χ3n) is 5.21. The van der Waals surface area contributed by atoms with E-state index in [1.165, 1.54) is 27.2 Å². The molecule has 1 aliphatic heterocycles. The molecular weight excluding hydrogens is 322 g/mol. The summed E-state index contributed by atoms with van der Waals surface area (Å²) in [5.41, 5.74) is 5.32. The smallest absolute Gasteiger partial charge is 0.137 e. The number of hydrogen-bond acceptors (Lipinski definition) is 2. The van der Waals surface area contributed by atoms with Crippen LogP contribution in [0.4, 0.5) is 0 Å². The van der Waals surface area contributed by atoms with Gasteiger partial charge in [-0.05, 0) is 29.5 Å². The van der Waals surface area contributed by atoms with Gasteiger partial charge in [0.1, 0.15) is 31.5 Å². The number of aliphatic hydroxyl groups is 1. The zero-order valence-electron chi connectivity index (χ0n) is 16.5. The number of aryl methyl sites for hydroxylation is 1. The van der Waals surface area contributed by atoms with Gasteiger partial charge >= 0.3 is 0 Å². The van der Waals surface area contributed by atoms with Crippen LogP contribution in [0.5, 0.6) is 5.75 Å². The zero-order chi connectivity index (χ0) is 18.7. The number of benzene rings is 2. The quantitative estimate of drug-likeness (QED) is 0.866. The zero-order valence-corrected chi connectivity index (χ0v) is 16.5. The number of rotatable bonds is 5. The second kappa shape index (κ2) is 7.81. The maximum Gasteiger partial charge on any atom is 0.137 e. The van der Waals surface area contributed by atoms with E-state index in [0.29, 0.717) is 6.61 Å². The Kier molecular flexibility index (Phi) is 5.69. The predicted octanol–water partition coefficient (Wildman–Crippen LogP) is 2.67. The molecule has 0 saturated heterocycles. The summed E-state index contributed by atoms with van der Waals surface area (Å²) in [7, 11) is 0. The average Bonchev–Trinajstić information content (AvgIpc) is 2.60. The molecule has 0 saturated carbocycles. The lowest BCUT2D eigenvalue weighted by molar-refractivity contribution is -0.918. The highest BCUT2D eigenvalue weighted by molar-refractivity contribution is 5.41. The van der Waals surface area contributed by atoms with Crippen LogP contribution in [-0.4, -0.2) is 30.9 Å². The normalized spacial score (nSPS) is 18.3. The summed E-state index contributed by atoms with van der Waals surface area (Å²) in [5.74, 6) is 0.890. The van der Waals surface area contributed by atoms with E-state index in [-0.39, 0.29) is 5.41 Å². The topological polar surface area (TPSA) is 33.9 Å². The molecule has 1 heterocycles. The SMILES string of the molecule is Cc1ccc(OC[C@H](O)C[NH+]2CCc3ccccc3C2)c(C(C)(C)C)c1. The summed E-state index contributed by atoms with van der Waals surface area (Å²) in [4.78, 5) is 1.43. The van der Waals surface area contributed by atoms with Gasteiger partial charge in [0.15, 0.2) is 0 Å². The molecule has 0 bridgehead atoms. The molecule has 2 aromatic rings. The lowest BCUT2D eigenvalue weighted by Crippen LogP contribution is -3.13. The standard InChI is InChI=1S/C23H31NO2/c1-17-9-10-22(21(13-17)23(2,3)4)26-16-20(25)15-24-12-11-18-7-5-6-8-19(18)14-24/h5-10,13,20,25H,11-12,14-16H2,1-4H3/p+1/t20-/m1/s1. The second-order valence-electron chi connectivity index (χ2n) is 8.61. The highest BCUT2D eigenvalue weighted by Crippen LogP contribution is 2.32. The van der Waals surface area contributed by atoms with Crippen LogP contribution >= 0.6 is 0 Å². The fourth-order valence-corrected chi connectivity index (χ4v) is 3.75. The van der Waals surface area contributed by atoms with Crippen LogP contribution in [-0.2, 0) is 18.4 Å². The van der Waals surface area contributed by atoms with Crippen molar-refractivity contribution in [3.63, 3.8) is 0 Å². The first-order valence-corrected chi connectivity index (χ1v) is 9.65. The summed E-state index contributed by atoms with van der Waals surface area (Å²) in [6.07, 6.45) is 0.634. The van der Waals surface area contributed by atoms with Crippen molar-refractivity contribution >= 4 is 0 Å². The lowest BCUT2D eigenvalue weighted by atomic mass is 9.85. The molecule has 0 aromatic heterocycles. The van der Waals surface area contributed by atoms with Crippen molar-refractivity contribution in [1.82, 2.24) is 0 Å². The van der Waals surface area contributed by atoms with Crippen LogP contribution in [0, 0.1) is 6.92 Å². The van der Waals surface area contributed by atoms with E-state index in [9.17, 15) is 5.11 Å². The molecule has 0 aliphatic carbocycles. The highest BCUT2D eigenvalue weighted by atomic mass is 16.5. The molecule has 0 radical (unpaired) electrons. The third-order valence-corrected chi connectivity index (χ3v) is 5.21. The Morgan fingerprint density at radius 1 is 1.12 bits per heavy atom. The monoisotopic (exact) mass is 354 g/mol. The average molecular weight is 355 g/mol. The summed E-state index contributed by atoms with van der Waals surface area (Å²) in [6, 6.07) is 14.9. The molecule has 0 amide bonds. The Balaban J connectivity index is 1.58. The van der Waals surface area contributed by atoms with E-state index in [1.807, 2.05) is 6.07 Å². The van der Waals surface area contributed by atoms with Crippen molar-refractivity contribution in [1.29, 1.82) is 0 Å². The summed E-state index contributed by atoms with van der Waals surface area (Å²) >= 11 is 0. The molecule has 3 rings (SSSR count). The molecule has 140 valence electrons. The van der Waals surface area contributed by atoms with Crippen molar-refractivity contribution in [2.24, 2.45) is 0 Å². The van der Waals surface area contributed by atoms with Gasteiger partial charge < -0.3 is 14.7 Å². The fraction of sp³-hybridized carbons (Fsp3) is 0.478. The second-order valence-corrected chi connectivity index (χ2v) is 8.61. The van der Waals surface area contributed by atoms with Gasteiger partial charge in [-0.2, -0.15) is 0 Å². The van der Waals surface area contributed by atoms with Crippen LogP contribution in [0.25, 0.3) is 0 Å². The minimum Gasteiger partial charge on any atom is -0.490 e. The predicted molar refractivity (Wildman–Crippen MR) is 106 cm³/mol. The number of hydrogen-bond donors (Lipinski definition) is 2. The van der Waals surface area contributed by atoms with Crippen LogP contribution in [0.2, 0.25) is 0 Å². The number of ether oxygens (including phenoxy) is 1. The Morgan fingerprint density at radius 2 is 1.85 bits per heavy atom. The molecule has 3 heteroatoms. The molecule has 0 spiro atoms. The van der Waals surface area contributed by atoms with E-state index in [0.717, 1.165) is 31.8 Å². The number of nitrogens with one attached hydrogen (secondary N) is 1. The first-order chi connectivity index (χ1) is 12.3. The van der Waals surface area contributed by atoms with Crippen LogP contribution in [0.3, 0.4) is 0 Å². The van der Waals surface area contributed by atoms with E-state index < -0.39 is 6.10 Å². The summed E-state index contributed by atoms with van der Waals surface area (Å²) in [6.45, 7) is 11.8. The summed E-state index contributed by atoms with van der Waals surface area (Å²) < 4.78 is 6.03. The van der Waals surface area contributed by atoms with Crippen molar-refractivity contribution in [2.75, 3.05) is 19.7 Å². The largest absolute Gasteiger partial charge is 0.490 e. The fourth-order valence-electron chi connectivity index (χ4n) is 3.75.